The second-order valence-electron chi connectivity index (χ2n) is 3.25. The van der Waals surface area contributed by atoms with Crippen LogP contribution < -0.4 is 0 Å². The van der Waals surface area contributed by atoms with Crippen LogP contribution in [0.3, 0.4) is 0 Å². The van der Waals surface area contributed by atoms with Gasteiger partial charge < -0.3 is 9.84 Å². The molecular weight excluding hydrogens is 186 g/mol. The van der Waals surface area contributed by atoms with E-state index in [4.69, 9.17) is 9.84 Å². The highest BCUT2D eigenvalue weighted by Crippen LogP contribution is 2.29. The molecule has 0 amide bonds. The molecule has 1 aromatic heterocycles. The summed E-state index contributed by atoms with van der Waals surface area (Å²) in [5.41, 5.74) is 0.564. The van der Waals surface area contributed by atoms with Crippen molar-refractivity contribution in [1.29, 1.82) is 0 Å². The van der Waals surface area contributed by atoms with E-state index in [9.17, 15) is 4.79 Å². The van der Waals surface area contributed by atoms with E-state index in [-0.39, 0.29) is 11.8 Å². The lowest BCUT2D eigenvalue weighted by Gasteiger charge is -2.09. The van der Waals surface area contributed by atoms with Gasteiger partial charge in [-0.15, -0.1) is 5.10 Å². The summed E-state index contributed by atoms with van der Waals surface area (Å²) in [6.07, 6.45) is 1.62. The molecule has 0 spiro atoms. The van der Waals surface area contributed by atoms with Gasteiger partial charge in [0.05, 0.1) is 0 Å². The number of aromatic nitrogens is 3. The van der Waals surface area contributed by atoms with Crippen LogP contribution in [0.15, 0.2) is 0 Å². The van der Waals surface area contributed by atoms with E-state index in [2.05, 4.69) is 10.3 Å². The second-order valence-corrected chi connectivity index (χ2v) is 3.25. The number of rotatable bonds is 2. The summed E-state index contributed by atoms with van der Waals surface area (Å²) in [6.45, 7) is 0.676. The molecule has 0 bridgehead atoms. The first kappa shape index (κ1) is 9.14. The Morgan fingerprint density at radius 2 is 2.50 bits per heavy atom. The van der Waals surface area contributed by atoms with Crippen LogP contribution in [0, 0.1) is 0 Å². The van der Waals surface area contributed by atoms with Gasteiger partial charge in [0.2, 0.25) is 0 Å². The number of hydrogen-bond donors (Lipinski definition) is 1. The molecule has 1 N–H and O–H groups in total. The summed E-state index contributed by atoms with van der Waals surface area (Å²) in [7, 11) is 1.68. The third kappa shape index (κ3) is 1.37. The smallest absolute Gasteiger partial charge is 0.358 e. The zero-order chi connectivity index (χ0) is 10.1. The lowest BCUT2D eigenvalue weighted by atomic mass is 10.1. The molecule has 6 heteroatoms. The monoisotopic (exact) mass is 197 g/mol. The number of carboxylic acid groups (broad SMARTS) is 1. The predicted molar refractivity (Wildman–Crippen MR) is 45.9 cm³/mol. The van der Waals surface area contributed by atoms with Crippen molar-refractivity contribution in [3.05, 3.63) is 11.4 Å². The minimum atomic E-state index is -1.05. The van der Waals surface area contributed by atoms with E-state index in [1.807, 2.05) is 0 Å². The molecule has 1 unspecified atom stereocenters. The van der Waals surface area contributed by atoms with Crippen molar-refractivity contribution in [2.75, 3.05) is 6.61 Å². The fraction of sp³-hybridized carbons (Fsp3) is 0.625. The molecule has 14 heavy (non-hydrogen) atoms. The van der Waals surface area contributed by atoms with Gasteiger partial charge in [-0.05, 0) is 12.8 Å². The number of carbonyl (C=O) groups is 1. The van der Waals surface area contributed by atoms with Crippen LogP contribution in [-0.4, -0.2) is 32.7 Å². The molecule has 1 aliphatic heterocycles. The van der Waals surface area contributed by atoms with Crippen LogP contribution in [0.2, 0.25) is 0 Å². The van der Waals surface area contributed by atoms with Gasteiger partial charge in [-0.25, -0.2) is 9.48 Å². The number of carboxylic acids is 1. The van der Waals surface area contributed by atoms with E-state index in [1.165, 1.54) is 4.68 Å². The number of aryl methyl sites for hydroxylation is 1. The van der Waals surface area contributed by atoms with Crippen molar-refractivity contribution < 1.29 is 14.6 Å². The Balaban J connectivity index is 2.38. The average Bonchev–Trinajstić information content (AvgIpc) is 2.71. The van der Waals surface area contributed by atoms with Crippen LogP contribution in [0.1, 0.15) is 35.1 Å². The quantitative estimate of drug-likeness (QED) is 0.740. The van der Waals surface area contributed by atoms with E-state index in [0.717, 1.165) is 12.8 Å². The van der Waals surface area contributed by atoms with Gasteiger partial charge in [0, 0.05) is 13.7 Å². The van der Waals surface area contributed by atoms with Gasteiger partial charge in [0.25, 0.3) is 0 Å². The summed E-state index contributed by atoms with van der Waals surface area (Å²) in [5.74, 6) is -1.05. The Labute approximate surface area is 80.5 Å². The minimum absolute atomic E-state index is 0.000556. The maximum absolute atomic E-state index is 10.8. The van der Waals surface area contributed by atoms with E-state index in [1.54, 1.807) is 7.05 Å². The second kappa shape index (κ2) is 3.38. The van der Waals surface area contributed by atoms with Crippen molar-refractivity contribution in [2.24, 2.45) is 7.05 Å². The molecule has 76 valence electrons. The van der Waals surface area contributed by atoms with E-state index < -0.39 is 5.97 Å². The van der Waals surface area contributed by atoms with Gasteiger partial charge in [-0.3, -0.25) is 0 Å². The largest absolute Gasteiger partial charge is 0.476 e. The van der Waals surface area contributed by atoms with Gasteiger partial charge >= 0.3 is 5.97 Å². The lowest BCUT2D eigenvalue weighted by molar-refractivity contribution is 0.0672. The molecule has 1 atom stereocenters. The molecule has 1 aromatic rings. The van der Waals surface area contributed by atoms with Crippen LogP contribution in [0.25, 0.3) is 0 Å². The topological polar surface area (TPSA) is 77.2 Å². The number of ether oxygens (including phenoxy) is 1. The molecule has 1 fully saturated rings. The molecular formula is C8H11N3O3. The third-order valence-electron chi connectivity index (χ3n) is 2.31. The Bertz CT molecular complexity index is 355. The predicted octanol–water partition coefficient (Wildman–Crippen LogP) is 0.365. The zero-order valence-corrected chi connectivity index (χ0v) is 7.80. The van der Waals surface area contributed by atoms with Gasteiger partial charge in [0.1, 0.15) is 11.8 Å². The highest BCUT2D eigenvalue weighted by atomic mass is 16.5. The molecule has 1 saturated heterocycles. The summed E-state index contributed by atoms with van der Waals surface area (Å²) < 4.78 is 6.88. The summed E-state index contributed by atoms with van der Waals surface area (Å²) in [6, 6.07) is 0. The maximum atomic E-state index is 10.8. The van der Waals surface area contributed by atoms with Crippen LogP contribution in [0.5, 0.6) is 0 Å². The SMILES string of the molecule is Cn1nnc(C(=O)O)c1C1CCCO1. The number of hydrogen-bond acceptors (Lipinski definition) is 4. The molecule has 2 rings (SSSR count). The summed E-state index contributed by atoms with van der Waals surface area (Å²) >= 11 is 0. The normalized spacial score (nSPS) is 21.4. The first-order chi connectivity index (χ1) is 6.70. The Hall–Kier alpha value is -1.43. The van der Waals surface area contributed by atoms with Gasteiger partial charge in [-0.1, -0.05) is 5.21 Å². The highest BCUT2D eigenvalue weighted by molar-refractivity contribution is 5.86. The Morgan fingerprint density at radius 3 is 3.07 bits per heavy atom. The molecule has 0 aliphatic carbocycles. The molecule has 0 saturated carbocycles. The van der Waals surface area contributed by atoms with Crippen LogP contribution in [0.4, 0.5) is 0 Å². The van der Waals surface area contributed by atoms with Crippen molar-refractivity contribution in [3.63, 3.8) is 0 Å². The number of nitrogens with zero attached hydrogens (tertiary/aromatic N) is 3. The molecule has 1 aliphatic rings. The van der Waals surface area contributed by atoms with E-state index >= 15 is 0 Å². The molecule has 0 aromatic carbocycles. The van der Waals surface area contributed by atoms with Crippen molar-refractivity contribution in [1.82, 2.24) is 15.0 Å². The van der Waals surface area contributed by atoms with Crippen LogP contribution >= 0.6 is 0 Å². The van der Waals surface area contributed by atoms with Crippen molar-refractivity contribution >= 4 is 5.97 Å². The molecule has 0 radical (unpaired) electrons. The Kier molecular flexibility index (Phi) is 2.20. The fourth-order valence-corrected chi connectivity index (χ4v) is 1.67. The Morgan fingerprint density at radius 1 is 1.71 bits per heavy atom. The first-order valence-electron chi connectivity index (χ1n) is 4.44. The minimum Gasteiger partial charge on any atom is -0.476 e. The summed E-state index contributed by atoms with van der Waals surface area (Å²) in [4.78, 5) is 10.8. The zero-order valence-electron chi connectivity index (χ0n) is 7.80. The summed E-state index contributed by atoms with van der Waals surface area (Å²) in [5, 5.41) is 16.1. The lowest BCUT2D eigenvalue weighted by Crippen LogP contribution is -2.10. The molecule has 6 nitrogen and oxygen atoms in total. The first-order valence-corrected chi connectivity index (χ1v) is 4.44. The average molecular weight is 197 g/mol. The van der Waals surface area contributed by atoms with Crippen LogP contribution in [-0.2, 0) is 11.8 Å². The fourth-order valence-electron chi connectivity index (χ4n) is 1.67. The molecule has 2 heterocycles. The van der Waals surface area contributed by atoms with E-state index in [0.29, 0.717) is 12.3 Å². The highest BCUT2D eigenvalue weighted by Gasteiger charge is 2.28. The third-order valence-corrected chi connectivity index (χ3v) is 2.31. The van der Waals surface area contributed by atoms with Gasteiger partial charge in [-0.2, -0.15) is 0 Å². The van der Waals surface area contributed by atoms with Crippen molar-refractivity contribution in [2.45, 2.75) is 18.9 Å². The van der Waals surface area contributed by atoms with Gasteiger partial charge in [0.15, 0.2) is 5.69 Å². The number of aromatic carboxylic acids is 1. The maximum Gasteiger partial charge on any atom is 0.358 e. The standard InChI is InChI=1S/C8H11N3O3/c1-11-7(5-3-2-4-14-5)6(8(12)13)9-10-11/h5H,2-4H2,1H3,(H,12,13). The van der Waals surface area contributed by atoms with Crippen molar-refractivity contribution in [3.8, 4) is 0 Å².